The molecule has 1 aromatic rings. The number of nitrogens with zero attached hydrogens (tertiary/aromatic N) is 2. The molecular weight excluding hydrogens is 246 g/mol. The summed E-state index contributed by atoms with van der Waals surface area (Å²) in [5, 5.41) is 8.46. The number of anilines is 1. The number of carbonyl (C=O) groups excluding carboxylic acids is 1. The average Bonchev–Trinajstić information content (AvgIpc) is 2.37. The molecule has 4 nitrogen and oxygen atoms in total. The molecule has 0 unspecified atom stereocenters. The van der Waals surface area contributed by atoms with Crippen molar-refractivity contribution >= 4 is 23.4 Å². The van der Waals surface area contributed by atoms with E-state index in [1.165, 1.54) is 11.8 Å². The fourth-order valence-electron chi connectivity index (χ4n) is 1.37. The lowest BCUT2D eigenvalue weighted by molar-refractivity contribution is -0.127. The molecule has 1 aromatic carbocycles. The summed E-state index contributed by atoms with van der Waals surface area (Å²) in [6.45, 7) is 2.42. The number of carbonyl (C=O) groups is 1. The standard InChI is InChI=1S/C13H17N3OS/c1-10-5-3-6-11(13(10)15)18-9-12(17)16(2)8-4-7-14/h3,5-6H,4,8-9,15H2,1-2H3. The summed E-state index contributed by atoms with van der Waals surface area (Å²) in [5.74, 6) is 0.353. The number of amides is 1. The Hall–Kier alpha value is -1.67. The zero-order chi connectivity index (χ0) is 13.5. The lowest BCUT2D eigenvalue weighted by atomic mass is 10.2. The van der Waals surface area contributed by atoms with E-state index in [0.29, 0.717) is 18.7 Å². The fraction of sp³-hybridized carbons (Fsp3) is 0.385. The second-order valence-electron chi connectivity index (χ2n) is 4.00. The molecule has 5 heteroatoms. The third-order valence-corrected chi connectivity index (χ3v) is 3.68. The predicted molar refractivity (Wildman–Crippen MR) is 74.2 cm³/mol. The summed E-state index contributed by atoms with van der Waals surface area (Å²) < 4.78 is 0. The molecule has 2 N–H and O–H groups in total. The maximum atomic E-state index is 11.8. The number of rotatable bonds is 5. The Labute approximate surface area is 112 Å². The molecule has 18 heavy (non-hydrogen) atoms. The summed E-state index contributed by atoms with van der Waals surface area (Å²) >= 11 is 1.43. The first kappa shape index (κ1) is 14.4. The normalized spacial score (nSPS) is 9.83. The molecule has 0 heterocycles. The van der Waals surface area contributed by atoms with Gasteiger partial charge in [0.15, 0.2) is 0 Å². The van der Waals surface area contributed by atoms with Crippen LogP contribution in [-0.4, -0.2) is 30.2 Å². The number of benzene rings is 1. The molecule has 0 aromatic heterocycles. The molecule has 1 rings (SSSR count). The van der Waals surface area contributed by atoms with Gasteiger partial charge in [0.1, 0.15) is 0 Å². The van der Waals surface area contributed by atoms with Gasteiger partial charge in [-0.05, 0) is 18.6 Å². The molecule has 0 aliphatic carbocycles. The number of aryl methyl sites for hydroxylation is 1. The van der Waals surface area contributed by atoms with E-state index in [-0.39, 0.29) is 5.91 Å². The summed E-state index contributed by atoms with van der Waals surface area (Å²) in [5.41, 5.74) is 7.69. The summed E-state index contributed by atoms with van der Waals surface area (Å²) in [6, 6.07) is 7.81. The Bertz CT molecular complexity index is 468. The molecule has 1 amide bonds. The van der Waals surface area contributed by atoms with Gasteiger partial charge in [-0.1, -0.05) is 12.1 Å². The highest BCUT2D eigenvalue weighted by atomic mass is 32.2. The molecule has 0 aliphatic heterocycles. The van der Waals surface area contributed by atoms with Crippen molar-refractivity contribution in [1.82, 2.24) is 4.90 Å². The van der Waals surface area contributed by atoms with Crippen molar-refractivity contribution in [3.63, 3.8) is 0 Å². The molecular formula is C13H17N3OS. The summed E-state index contributed by atoms with van der Waals surface area (Å²) in [6.07, 6.45) is 0.361. The predicted octanol–water partition coefficient (Wildman–Crippen LogP) is 2.04. The molecule has 0 saturated carbocycles. The van der Waals surface area contributed by atoms with Gasteiger partial charge in [-0.15, -0.1) is 11.8 Å². The zero-order valence-corrected chi connectivity index (χ0v) is 11.5. The van der Waals surface area contributed by atoms with E-state index in [0.717, 1.165) is 16.1 Å². The molecule has 0 radical (unpaired) electrons. The Kier molecular flexibility index (Phi) is 5.53. The van der Waals surface area contributed by atoms with Gasteiger partial charge in [-0.25, -0.2) is 0 Å². The molecule has 0 bridgehead atoms. The number of nitrogen functional groups attached to an aromatic ring is 1. The maximum absolute atomic E-state index is 11.8. The minimum Gasteiger partial charge on any atom is -0.398 e. The molecule has 0 aliphatic rings. The topological polar surface area (TPSA) is 70.1 Å². The van der Waals surface area contributed by atoms with Crippen molar-refractivity contribution in [3.8, 4) is 6.07 Å². The first-order chi connectivity index (χ1) is 8.56. The van der Waals surface area contributed by atoms with E-state index >= 15 is 0 Å². The van der Waals surface area contributed by atoms with Crippen molar-refractivity contribution in [2.45, 2.75) is 18.2 Å². The highest BCUT2D eigenvalue weighted by molar-refractivity contribution is 8.00. The van der Waals surface area contributed by atoms with E-state index < -0.39 is 0 Å². The third kappa shape index (κ3) is 3.97. The van der Waals surface area contributed by atoms with Crippen molar-refractivity contribution in [1.29, 1.82) is 5.26 Å². The molecule has 0 saturated heterocycles. The minimum atomic E-state index is 0.0103. The SMILES string of the molecule is Cc1cccc(SCC(=O)N(C)CCC#N)c1N. The average molecular weight is 263 g/mol. The monoisotopic (exact) mass is 263 g/mol. The Balaban J connectivity index is 2.53. The van der Waals surface area contributed by atoms with Gasteiger partial charge in [0.25, 0.3) is 0 Å². The van der Waals surface area contributed by atoms with Crippen LogP contribution in [-0.2, 0) is 4.79 Å². The highest BCUT2D eigenvalue weighted by Crippen LogP contribution is 2.27. The fourth-order valence-corrected chi connectivity index (χ4v) is 2.36. The second-order valence-corrected chi connectivity index (χ2v) is 5.02. The quantitative estimate of drug-likeness (QED) is 0.652. The molecule has 0 spiro atoms. The number of hydrogen-bond donors (Lipinski definition) is 1. The summed E-state index contributed by atoms with van der Waals surface area (Å²) in [7, 11) is 1.71. The minimum absolute atomic E-state index is 0.0103. The largest absolute Gasteiger partial charge is 0.398 e. The van der Waals surface area contributed by atoms with Crippen LogP contribution >= 0.6 is 11.8 Å². The van der Waals surface area contributed by atoms with Crippen LogP contribution in [0.15, 0.2) is 23.1 Å². The van der Waals surface area contributed by atoms with Gasteiger partial charge in [0, 0.05) is 24.2 Å². The number of nitrogens with two attached hydrogens (primary N) is 1. The first-order valence-electron chi connectivity index (χ1n) is 5.65. The highest BCUT2D eigenvalue weighted by Gasteiger charge is 2.10. The van der Waals surface area contributed by atoms with Gasteiger partial charge < -0.3 is 10.6 Å². The number of nitriles is 1. The van der Waals surface area contributed by atoms with Crippen LogP contribution in [0.1, 0.15) is 12.0 Å². The van der Waals surface area contributed by atoms with Gasteiger partial charge in [-0.2, -0.15) is 5.26 Å². The van der Waals surface area contributed by atoms with Gasteiger partial charge >= 0.3 is 0 Å². The van der Waals surface area contributed by atoms with Crippen LogP contribution in [0.25, 0.3) is 0 Å². The Morgan fingerprint density at radius 2 is 2.28 bits per heavy atom. The van der Waals surface area contributed by atoms with E-state index in [2.05, 4.69) is 0 Å². The van der Waals surface area contributed by atoms with E-state index in [1.54, 1.807) is 11.9 Å². The van der Waals surface area contributed by atoms with Crippen LogP contribution in [0, 0.1) is 18.3 Å². The van der Waals surface area contributed by atoms with Crippen LogP contribution < -0.4 is 5.73 Å². The van der Waals surface area contributed by atoms with Crippen LogP contribution in [0.4, 0.5) is 5.69 Å². The lowest BCUT2D eigenvalue weighted by Gasteiger charge is -2.15. The van der Waals surface area contributed by atoms with Crippen LogP contribution in [0.5, 0.6) is 0 Å². The lowest BCUT2D eigenvalue weighted by Crippen LogP contribution is -2.29. The number of para-hydroxylation sites is 1. The molecule has 0 fully saturated rings. The Morgan fingerprint density at radius 1 is 1.56 bits per heavy atom. The molecule has 96 valence electrons. The van der Waals surface area contributed by atoms with E-state index in [1.807, 2.05) is 31.2 Å². The van der Waals surface area contributed by atoms with E-state index in [4.69, 9.17) is 11.0 Å². The number of hydrogen-bond acceptors (Lipinski definition) is 4. The second kappa shape index (κ2) is 6.92. The van der Waals surface area contributed by atoms with Gasteiger partial charge in [0.05, 0.1) is 18.2 Å². The van der Waals surface area contributed by atoms with Gasteiger partial charge in [-0.3, -0.25) is 4.79 Å². The Morgan fingerprint density at radius 3 is 2.94 bits per heavy atom. The summed E-state index contributed by atoms with van der Waals surface area (Å²) in [4.78, 5) is 14.3. The third-order valence-electron chi connectivity index (χ3n) is 2.62. The van der Waals surface area contributed by atoms with Crippen LogP contribution in [0.3, 0.4) is 0 Å². The van der Waals surface area contributed by atoms with Crippen molar-refractivity contribution in [3.05, 3.63) is 23.8 Å². The van der Waals surface area contributed by atoms with Crippen molar-refractivity contribution in [2.75, 3.05) is 25.1 Å². The zero-order valence-electron chi connectivity index (χ0n) is 10.6. The van der Waals surface area contributed by atoms with E-state index in [9.17, 15) is 4.79 Å². The maximum Gasteiger partial charge on any atom is 0.232 e. The van der Waals surface area contributed by atoms with Crippen LogP contribution in [0.2, 0.25) is 0 Å². The van der Waals surface area contributed by atoms with Crippen molar-refractivity contribution < 1.29 is 4.79 Å². The molecule has 0 atom stereocenters. The van der Waals surface area contributed by atoms with Crippen molar-refractivity contribution in [2.24, 2.45) is 0 Å². The first-order valence-corrected chi connectivity index (χ1v) is 6.63. The van der Waals surface area contributed by atoms with Gasteiger partial charge in [0.2, 0.25) is 5.91 Å². The smallest absolute Gasteiger partial charge is 0.232 e. The number of thioether (sulfide) groups is 1.